The maximum atomic E-state index is 11.8. The van der Waals surface area contributed by atoms with Crippen molar-refractivity contribution in [1.29, 1.82) is 0 Å². The maximum absolute atomic E-state index is 11.8. The Morgan fingerprint density at radius 3 is 2.75 bits per heavy atom. The van der Waals surface area contributed by atoms with Crippen LogP contribution in [0.5, 0.6) is 0 Å². The second kappa shape index (κ2) is 8.21. The summed E-state index contributed by atoms with van der Waals surface area (Å²) in [5.41, 5.74) is 1.79. The number of benzene rings is 1. The molecular formula is C16H17N3O4S. The van der Waals surface area contributed by atoms with E-state index in [0.717, 1.165) is 23.3 Å². The molecule has 1 heterocycles. The van der Waals surface area contributed by atoms with Gasteiger partial charge in [0.25, 0.3) is 5.91 Å². The van der Waals surface area contributed by atoms with E-state index in [1.807, 2.05) is 25.1 Å². The second-order valence-corrected chi connectivity index (χ2v) is 5.76. The van der Waals surface area contributed by atoms with Gasteiger partial charge in [-0.2, -0.15) is 0 Å². The summed E-state index contributed by atoms with van der Waals surface area (Å²) in [4.78, 5) is 38.5. The number of nitrogens with zero attached hydrogens (tertiary/aromatic N) is 1. The van der Waals surface area contributed by atoms with Crippen LogP contribution in [0.15, 0.2) is 29.6 Å². The fourth-order valence-corrected chi connectivity index (χ4v) is 2.57. The number of carbonyl (C=O) groups is 3. The first-order valence-electron chi connectivity index (χ1n) is 7.27. The molecule has 0 atom stereocenters. The number of hydrogen-bond donors (Lipinski definition) is 2. The summed E-state index contributed by atoms with van der Waals surface area (Å²) in [5.74, 6) is -1.44. The molecule has 2 N–H and O–H groups in total. The number of ether oxygens (including phenoxy) is 1. The van der Waals surface area contributed by atoms with Crippen molar-refractivity contribution in [2.24, 2.45) is 0 Å². The third-order valence-electron chi connectivity index (χ3n) is 2.95. The van der Waals surface area contributed by atoms with Gasteiger partial charge in [0.15, 0.2) is 17.4 Å². The molecule has 2 aromatic rings. The molecule has 0 bridgehead atoms. The number of nitrogens with one attached hydrogen (secondary N) is 2. The molecule has 8 heteroatoms. The average molecular weight is 347 g/mol. The van der Waals surface area contributed by atoms with E-state index >= 15 is 0 Å². The standard InChI is InChI=1S/C16H17N3O4S/c1-3-11-5-4-6-12(7-11)18-14(21)8-23-15(22)13-9-24-16(19-13)17-10(2)20/h4-7,9H,3,8H2,1-2H3,(H,18,21)(H,17,19,20). The number of hydrogen-bond acceptors (Lipinski definition) is 6. The Labute approximate surface area is 143 Å². The molecule has 0 aliphatic heterocycles. The predicted molar refractivity (Wildman–Crippen MR) is 91.1 cm³/mol. The van der Waals surface area contributed by atoms with Gasteiger partial charge in [-0.05, 0) is 24.1 Å². The van der Waals surface area contributed by atoms with Gasteiger partial charge in [0.2, 0.25) is 5.91 Å². The van der Waals surface area contributed by atoms with Crippen LogP contribution < -0.4 is 10.6 Å². The van der Waals surface area contributed by atoms with Gasteiger partial charge < -0.3 is 15.4 Å². The van der Waals surface area contributed by atoms with Crippen molar-refractivity contribution in [3.8, 4) is 0 Å². The monoisotopic (exact) mass is 347 g/mol. The smallest absolute Gasteiger partial charge is 0.358 e. The lowest BCUT2D eigenvalue weighted by Gasteiger charge is -2.07. The molecule has 0 saturated heterocycles. The van der Waals surface area contributed by atoms with Crippen LogP contribution in [0.2, 0.25) is 0 Å². The van der Waals surface area contributed by atoms with Gasteiger partial charge in [0, 0.05) is 18.0 Å². The molecule has 24 heavy (non-hydrogen) atoms. The number of amides is 2. The van der Waals surface area contributed by atoms with Crippen LogP contribution in [-0.4, -0.2) is 29.4 Å². The SMILES string of the molecule is CCc1cccc(NC(=O)COC(=O)c2csc(NC(C)=O)n2)c1. The largest absolute Gasteiger partial charge is 0.451 e. The van der Waals surface area contributed by atoms with Gasteiger partial charge in [0.1, 0.15) is 0 Å². The number of esters is 1. The van der Waals surface area contributed by atoms with Crippen LogP contribution in [0.25, 0.3) is 0 Å². The second-order valence-electron chi connectivity index (χ2n) is 4.90. The molecule has 0 fully saturated rings. The van der Waals surface area contributed by atoms with E-state index in [1.54, 1.807) is 6.07 Å². The zero-order chi connectivity index (χ0) is 17.5. The van der Waals surface area contributed by atoms with E-state index in [0.29, 0.717) is 10.8 Å². The summed E-state index contributed by atoms with van der Waals surface area (Å²) in [7, 11) is 0. The molecule has 126 valence electrons. The van der Waals surface area contributed by atoms with Crippen molar-refractivity contribution < 1.29 is 19.1 Å². The Bertz CT molecular complexity index is 757. The van der Waals surface area contributed by atoms with Crippen molar-refractivity contribution in [3.63, 3.8) is 0 Å². The van der Waals surface area contributed by atoms with Crippen molar-refractivity contribution in [2.75, 3.05) is 17.2 Å². The molecule has 1 aromatic carbocycles. The van der Waals surface area contributed by atoms with E-state index in [4.69, 9.17) is 4.74 Å². The van der Waals surface area contributed by atoms with Crippen LogP contribution >= 0.6 is 11.3 Å². The van der Waals surface area contributed by atoms with Crippen molar-refractivity contribution in [3.05, 3.63) is 40.9 Å². The van der Waals surface area contributed by atoms with E-state index in [-0.39, 0.29) is 11.6 Å². The molecule has 0 saturated carbocycles. The Morgan fingerprint density at radius 1 is 1.25 bits per heavy atom. The highest BCUT2D eigenvalue weighted by molar-refractivity contribution is 7.14. The number of anilines is 2. The molecule has 0 aliphatic rings. The lowest BCUT2D eigenvalue weighted by Crippen LogP contribution is -2.21. The van der Waals surface area contributed by atoms with E-state index in [9.17, 15) is 14.4 Å². The number of aromatic nitrogens is 1. The first-order chi connectivity index (χ1) is 11.5. The molecule has 7 nitrogen and oxygen atoms in total. The molecule has 2 rings (SSSR count). The maximum Gasteiger partial charge on any atom is 0.358 e. The van der Waals surface area contributed by atoms with Crippen LogP contribution in [-0.2, 0) is 20.7 Å². The van der Waals surface area contributed by atoms with Crippen LogP contribution in [0.3, 0.4) is 0 Å². The molecule has 0 unspecified atom stereocenters. The molecule has 0 spiro atoms. The van der Waals surface area contributed by atoms with Gasteiger partial charge in [-0.3, -0.25) is 9.59 Å². The minimum atomic E-state index is -0.722. The fraction of sp³-hybridized carbons (Fsp3) is 0.250. The van der Waals surface area contributed by atoms with Crippen molar-refractivity contribution in [1.82, 2.24) is 4.98 Å². The summed E-state index contributed by atoms with van der Waals surface area (Å²) in [6.45, 7) is 2.95. The zero-order valence-corrected chi connectivity index (χ0v) is 14.1. The summed E-state index contributed by atoms with van der Waals surface area (Å²) in [6, 6.07) is 7.43. The Morgan fingerprint density at radius 2 is 2.04 bits per heavy atom. The third-order valence-corrected chi connectivity index (χ3v) is 3.71. The lowest BCUT2D eigenvalue weighted by molar-refractivity contribution is -0.119. The Hall–Kier alpha value is -2.74. The average Bonchev–Trinajstić information content (AvgIpc) is 3.00. The van der Waals surface area contributed by atoms with E-state index in [2.05, 4.69) is 15.6 Å². The molecular weight excluding hydrogens is 330 g/mol. The highest BCUT2D eigenvalue weighted by Gasteiger charge is 2.14. The number of rotatable bonds is 6. The number of carbonyl (C=O) groups excluding carboxylic acids is 3. The van der Waals surface area contributed by atoms with Gasteiger partial charge in [-0.25, -0.2) is 9.78 Å². The fourth-order valence-electron chi connectivity index (χ4n) is 1.85. The number of thiazole rings is 1. The van der Waals surface area contributed by atoms with Crippen molar-refractivity contribution in [2.45, 2.75) is 20.3 Å². The predicted octanol–water partition coefficient (Wildman–Crippen LogP) is 2.46. The topological polar surface area (TPSA) is 97.4 Å². The minimum absolute atomic E-state index is 0.0459. The molecule has 1 aromatic heterocycles. The highest BCUT2D eigenvalue weighted by atomic mass is 32.1. The van der Waals surface area contributed by atoms with E-state index < -0.39 is 18.5 Å². The lowest BCUT2D eigenvalue weighted by atomic mass is 10.1. The van der Waals surface area contributed by atoms with Gasteiger partial charge in [-0.1, -0.05) is 19.1 Å². The van der Waals surface area contributed by atoms with E-state index in [1.165, 1.54) is 12.3 Å². The summed E-state index contributed by atoms with van der Waals surface area (Å²) < 4.78 is 4.92. The first kappa shape index (κ1) is 17.6. The zero-order valence-electron chi connectivity index (χ0n) is 13.3. The first-order valence-corrected chi connectivity index (χ1v) is 8.15. The van der Waals surface area contributed by atoms with Crippen LogP contribution in [0.4, 0.5) is 10.8 Å². The van der Waals surface area contributed by atoms with Crippen LogP contribution in [0.1, 0.15) is 29.9 Å². The molecule has 0 radical (unpaired) electrons. The minimum Gasteiger partial charge on any atom is -0.451 e. The summed E-state index contributed by atoms with van der Waals surface area (Å²) in [6.07, 6.45) is 0.860. The number of aryl methyl sites for hydroxylation is 1. The highest BCUT2D eigenvalue weighted by Crippen LogP contribution is 2.16. The van der Waals surface area contributed by atoms with Gasteiger partial charge in [0.05, 0.1) is 0 Å². The summed E-state index contributed by atoms with van der Waals surface area (Å²) >= 11 is 1.10. The normalized spacial score (nSPS) is 10.1. The van der Waals surface area contributed by atoms with Gasteiger partial charge in [-0.15, -0.1) is 11.3 Å². The molecule has 2 amide bonds. The quantitative estimate of drug-likeness (QED) is 0.782. The third kappa shape index (κ3) is 5.17. The van der Waals surface area contributed by atoms with Crippen molar-refractivity contribution >= 4 is 39.9 Å². The Kier molecular flexibility index (Phi) is 6.02. The van der Waals surface area contributed by atoms with Crippen LogP contribution in [0, 0.1) is 0 Å². The molecule has 0 aliphatic carbocycles. The summed E-state index contributed by atoms with van der Waals surface area (Å²) in [5, 5.41) is 6.89. The Balaban J connectivity index is 1.85. The van der Waals surface area contributed by atoms with Gasteiger partial charge >= 0.3 is 5.97 Å².